The Balaban J connectivity index is 2.46. The second kappa shape index (κ2) is 3.43. The standard InChI is InChI=1S/C11H19N3O/c1-7(2)6-14-11(15)9(12)10(13(14)3)8-4-5-8/h7-8H,4-6,12H2,1-3H3. The van der Waals surface area contributed by atoms with E-state index in [1.54, 1.807) is 4.68 Å². The summed E-state index contributed by atoms with van der Waals surface area (Å²) < 4.78 is 3.71. The number of hydrogen-bond donors (Lipinski definition) is 1. The Kier molecular flexibility index (Phi) is 2.37. The van der Waals surface area contributed by atoms with E-state index in [4.69, 9.17) is 5.73 Å². The molecule has 1 heterocycles. The molecule has 4 nitrogen and oxygen atoms in total. The fourth-order valence-electron chi connectivity index (χ4n) is 2.08. The smallest absolute Gasteiger partial charge is 0.290 e. The highest BCUT2D eigenvalue weighted by Gasteiger charge is 2.31. The van der Waals surface area contributed by atoms with Crippen LogP contribution in [0.3, 0.4) is 0 Å². The van der Waals surface area contributed by atoms with Gasteiger partial charge in [0.2, 0.25) is 0 Å². The van der Waals surface area contributed by atoms with Crippen LogP contribution in [-0.4, -0.2) is 9.36 Å². The molecule has 0 radical (unpaired) electrons. The fraction of sp³-hybridized carbons (Fsp3) is 0.727. The van der Waals surface area contributed by atoms with E-state index in [0.717, 1.165) is 12.2 Å². The fourth-order valence-corrected chi connectivity index (χ4v) is 2.08. The molecule has 0 saturated heterocycles. The van der Waals surface area contributed by atoms with E-state index in [-0.39, 0.29) is 5.56 Å². The van der Waals surface area contributed by atoms with Crippen molar-refractivity contribution in [1.29, 1.82) is 0 Å². The van der Waals surface area contributed by atoms with Crippen LogP contribution in [-0.2, 0) is 13.6 Å². The van der Waals surface area contributed by atoms with Gasteiger partial charge in [0.15, 0.2) is 0 Å². The second-order valence-corrected chi connectivity index (χ2v) is 4.88. The lowest BCUT2D eigenvalue weighted by Gasteiger charge is -2.11. The van der Waals surface area contributed by atoms with E-state index in [9.17, 15) is 4.79 Å². The lowest BCUT2D eigenvalue weighted by Crippen LogP contribution is -2.24. The zero-order valence-corrected chi connectivity index (χ0v) is 9.66. The molecule has 0 bridgehead atoms. The summed E-state index contributed by atoms with van der Waals surface area (Å²) in [6.45, 7) is 4.95. The molecule has 1 aromatic rings. The van der Waals surface area contributed by atoms with Crippen molar-refractivity contribution in [2.24, 2.45) is 13.0 Å². The van der Waals surface area contributed by atoms with Crippen LogP contribution < -0.4 is 11.3 Å². The molecule has 2 N–H and O–H groups in total. The Morgan fingerprint density at radius 3 is 2.53 bits per heavy atom. The zero-order valence-electron chi connectivity index (χ0n) is 9.66. The van der Waals surface area contributed by atoms with Crippen LogP contribution in [0, 0.1) is 5.92 Å². The van der Waals surface area contributed by atoms with Crippen molar-refractivity contribution in [3.05, 3.63) is 16.0 Å². The van der Waals surface area contributed by atoms with Gasteiger partial charge < -0.3 is 5.73 Å². The Morgan fingerprint density at radius 1 is 1.47 bits per heavy atom. The minimum absolute atomic E-state index is 0.0203. The predicted octanol–water partition coefficient (Wildman–Crippen LogP) is 1.30. The Hall–Kier alpha value is -1.19. The van der Waals surface area contributed by atoms with E-state index < -0.39 is 0 Å². The molecule has 2 rings (SSSR count). The minimum atomic E-state index is -0.0203. The molecule has 0 aromatic carbocycles. The van der Waals surface area contributed by atoms with E-state index >= 15 is 0 Å². The number of aromatic nitrogens is 2. The average molecular weight is 209 g/mol. The number of nitrogens with two attached hydrogens (primary N) is 1. The Labute approximate surface area is 89.7 Å². The van der Waals surface area contributed by atoms with Crippen molar-refractivity contribution in [3.63, 3.8) is 0 Å². The van der Waals surface area contributed by atoms with E-state index in [0.29, 0.717) is 17.5 Å². The third-order valence-corrected chi connectivity index (χ3v) is 2.95. The van der Waals surface area contributed by atoms with Crippen LogP contribution in [0.4, 0.5) is 5.69 Å². The van der Waals surface area contributed by atoms with Gasteiger partial charge in [0, 0.05) is 19.5 Å². The van der Waals surface area contributed by atoms with E-state index in [2.05, 4.69) is 13.8 Å². The summed E-state index contributed by atoms with van der Waals surface area (Å²) in [5.74, 6) is 0.985. The first kappa shape index (κ1) is 10.3. The maximum Gasteiger partial charge on any atom is 0.290 e. The second-order valence-electron chi connectivity index (χ2n) is 4.88. The molecule has 0 aliphatic heterocycles. The number of nitrogen functional groups attached to an aromatic ring is 1. The van der Waals surface area contributed by atoms with Crippen LogP contribution in [0.15, 0.2) is 4.79 Å². The summed E-state index contributed by atoms with van der Waals surface area (Å²) in [6.07, 6.45) is 2.34. The molecule has 1 aliphatic carbocycles. The molecule has 0 spiro atoms. The third-order valence-electron chi connectivity index (χ3n) is 2.95. The van der Waals surface area contributed by atoms with Gasteiger partial charge in [-0.05, 0) is 18.8 Å². The summed E-state index contributed by atoms with van der Waals surface area (Å²) in [6, 6.07) is 0. The highest BCUT2D eigenvalue weighted by Crippen LogP contribution is 2.41. The van der Waals surface area contributed by atoms with Crippen molar-refractivity contribution in [1.82, 2.24) is 9.36 Å². The van der Waals surface area contributed by atoms with Crippen molar-refractivity contribution < 1.29 is 0 Å². The molecule has 1 saturated carbocycles. The van der Waals surface area contributed by atoms with Crippen molar-refractivity contribution >= 4 is 5.69 Å². The number of anilines is 1. The molecule has 1 fully saturated rings. The first-order chi connectivity index (χ1) is 7.02. The van der Waals surface area contributed by atoms with E-state index in [1.165, 1.54) is 12.8 Å². The van der Waals surface area contributed by atoms with Crippen LogP contribution in [0.2, 0.25) is 0 Å². The van der Waals surface area contributed by atoms with Crippen LogP contribution >= 0.6 is 0 Å². The van der Waals surface area contributed by atoms with Gasteiger partial charge in [-0.1, -0.05) is 13.8 Å². The van der Waals surface area contributed by atoms with Gasteiger partial charge in [-0.25, -0.2) is 4.68 Å². The SMILES string of the molecule is CC(C)Cn1c(=O)c(N)c(C2CC2)n1C. The van der Waals surface area contributed by atoms with Crippen LogP contribution in [0.25, 0.3) is 0 Å². The quantitative estimate of drug-likeness (QED) is 0.815. The summed E-state index contributed by atoms with van der Waals surface area (Å²) in [5, 5.41) is 0. The topological polar surface area (TPSA) is 52.9 Å². The van der Waals surface area contributed by atoms with Gasteiger partial charge in [0.25, 0.3) is 5.56 Å². The zero-order chi connectivity index (χ0) is 11.2. The van der Waals surface area contributed by atoms with Crippen LogP contribution in [0.1, 0.15) is 38.3 Å². The molecular formula is C11H19N3O. The number of hydrogen-bond acceptors (Lipinski definition) is 2. The van der Waals surface area contributed by atoms with Gasteiger partial charge in [-0.3, -0.25) is 9.48 Å². The molecule has 4 heteroatoms. The molecule has 84 valence electrons. The highest BCUT2D eigenvalue weighted by atomic mass is 16.1. The van der Waals surface area contributed by atoms with Gasteiger partial charge >= 0.3 is 0 Å². The highest BCUT2D eigenvalue weighted by molar-refractivity contribution is 5.45. The number of rotatable bonds is 3. The summed E-state index contributed by atoms with van der Waals surface area (Å²) in [7, 11) is 1.94. The van der Waals surface area contributed by atoms with Crippen LogP contribution in [0.5, 0.6) is 0 Å². The summed E-state index contributed by atoms with van der Waals surface area (Å²) in [4.78, 5) is 11.9. The third kappa shape index (κ3) is 1.68. The summed E-state index contributed by atoms with van der Waals surface area (Å²) in [5.41, 5.74) is 7.35. The molecule has 1 aliphatic rings. The maximum atomic E-state index is 11.9. The van der Waals surface area contributed by atoms with Crippen molar-refractivity contribution in [2.75, 3.05) is 5.73 Å². The summed E-state index contributed by atoms with van der Waals surface area (Å²) >= 11 is 0. The van der Waals surface area contributed by atoms with Gasteiger partial charge in [0.05, 0.1) is 5.69 Å². The predicted molar refractivity (Wildman–Crippen MR) is 60.9 cm³/mol. The Bertz CT molecular complexity index is 424. The monoisotopic (exact) mass is 209 g/mol. The molecule has 0 unspecified atom stereocenters. The maximum absolute atomic E-state index is 11.9. The first-order valence-corrected chi connectivity index (χ1v) is 5.57. The average Bonchev–Trinajstić information content (AvgIpc) is 2.93. The van der Waals surface area contributed by atoms with Crippen molar-refractivity contribution in [3.8, 4) is 0 Å². The first-order valence-electron chi connectivity index (χ1n) is 5.57. The molecule has 15 heavy (non-hydrogen) atoms. The molecule has 1 aromatic heterocycles. The van der Waals surface area contributed by atoms with E-state index in [1.807, 2.05) is 11.7 Å². The van der Waals surface area contributed by atoms with Gasteiger partial charge in [0.1, 0.15) is 5.69 Å². The lowest BCUT2D eigenvalue weighted by molar-refractivity contribution is 0.411. The molecule has 0 atom stereocenters. The number of nitrogens with zero attached hydrogens (tertiary/aromatic N) is 2. The largest absolute Gasteiger partial charge is 0.393 e. The Morgan fingerprint density at radius 2 is 2.07 bits per heavy atom. The molecular weight excluding hydrogens is 190 g/mol. The van der Waals surface area contributed by atoms with Gasteiger partial charge in [-0.15, -0.1) is 0 Å². The molecule has 0 amide bonds. The van der Waals surface area contributed by atoms with Gasteiger partial charge in [-0.2, -0.15) is 0 Å². The van der Waals surface area contributed by atoms with Crippen molar-refractivity contribution in [2.45, 2.75) is 39.2 Å². The minimum Gasteiger partial charge on any atom is -0.393 e. The normalized spacial score (nSPS) is 16.3. The lowest BCUT2D eigenvalue weighted by atomic mass is 10.2.